The molecular weight excluding hydrogens is 410 g/mol. The van der Waals surface area contributed by atoms with Crippen molar-refractivity contribution in [2.24, 2.45) is 5.10 Å². The maximum absolute atomic E-state index is 5.13. The van der Waals surface area contributed by atoms with Gasteiger partial charge >= 0.3 is 0 Å². The molecule has 5 nitrogen and oxygen atoms in total. The zero-order chi connectivity index (χ0) is 18.4. The molecule has 0 radical (unpaired) electrons. The quantitative estimate of drug-likeness (QED) is 0.365. The fourth-order valence-electron chi connectivity index (χ4n) is 2.39. The van der Waals surface area contributed by atoms with E-state index in [4.69, 9.17) is 17.3 Å². The van der Waals surface area contributed by atoms with E-state index in [9.17, 15) is 0 Å². The van der Waals surface area contributed by atoms with Gasteiger partial charge in [-0.25, -0.2) is 4.68 Å². The molecule has 0 unspecified atom stereocenters. The molecule has 0 spiro atoms. The first-order valence-electron chi connectivity index (χ1n) is 8.15. The summed E-state index contributed by atoms with van der Waals surface area (Å²) < 4.78 is 2.87. The average molecular weight is 428 g/mol. The minimum atomic E-state index is 0.490. The van der Waals surface area contributed by atoms with Crippen LogP contribution in [0.2, 0.25) is 0 Å². The smallest absolute Gasteiger partial charge is 0.186 e. The van der Waals surface area contributed by atoms with Crippen LogP contribution in [0.1, 0.15) is 12.5 Å². The lowest BCUT2D eigenvalue weighted by Gasteiger charge is -2.02. The van der Waals surface area contributed by atoms with E-state index in [1.54, 1.807) is 6.21 Å². The van der Waals surface area contributed by atoms with Crippen LogP contribution in [-0.2, 0) is 0 Å². The Balaban J connectivity index is 1.95. The largest absolute Gasteiger partial charge is 0.362 e. The molecule has 132 valence electrons. The zero-order valence-corrected chi connectivity index (χ0v) is 16.6. The molecule has 1 heterocycles. The second kappa shape index (κ2) is 8.73. The number of benzene rings is 2. The van der Waals surface area contributed by atoms with Crippen LogP contribution in [0.15, 0.2) is 70.4 Å². The average Bonchev–Trinajstić information content (AvgIpc) is 3.07. The van der Waals surface area contributed by atoms with Crippen molar-refractivity contribution >= 4 is 39.5 Å². The summed E-state index contributed by atoms with van der Waals surface area (Å²) in [6.45, 7) is 2.73. The maximum Gasteiger partial charge on any atom is 0.186 e. The number of hydrazone groups is 1. The standard InChI is InChI=1S/C19H18BrN5S/c1-2-21-19(26)23-22-12-15-13-25(17-6-4-3-5-7-17)24-18(15)14-8-10-16(20)11-9-14/h3-13H,2H2,1H3,(H2,21,23,26)/b22-12+. The van der Waals surface area contributed by atoms with Crippen LogP contribution in [0.3, 0.4) is 0 Å². The van der Waals surface area contributed by atoms with Crippen molar-refractivity contribution in [2.75, 3.05) is 6.54 Å². The number of rotatable bonds is 5. The molecule has 2 N–H and O–H groups in total. The lowest BCUT2D eigenvalue weighted by molar-refractivity contribution is 0.884. The molecule has 0 bridgehead atoms. The number of nitrogens with one attached hydrogen (secondary N) is 2. The summed E-state index contributed by atoms with van der Waals surface area (Å²) in [5.41, 5.74) is 6.55. The third-order valence-electron chi connectivity index (χ3n) is 3.59. The van der Waals surface area contributed by atoms with E-state index in [1.165, 1.54) is 0 Å². The lowest BCUT2D eigenvalue weighted by atomic mass is 10.1. The van der Waals surface area contributed by atoms with Crippen LogP contribution in [0.4, 0.5) is 0 Å². The summed E-state index contributed by atoms with van der Waals surface area (Å²) in [7, 11) is 0. The van der Waals surface area contributed by atoms with Gasteiger partial charge in [-0.15, -0.1) is 0 Å². The molecule has 3 aromatic rings. The van der Waals surface area contributed by atoms with Crippen LogP contribution >= 0.6 is 28.1 Å². The number of nitrogens with zero attached hydrogens (tertiary/aromatic N) is 3. The highest BCUT2D eigenvalue weighted by Gasteiger charge is 2.11. The molecular formula is C19H18BrN5S. The Kier molecular flexibility index (Phi) is 6.14. The highest BCUT2D eigenvalue weighted by Crippen LogP contribution is 2.24. The van der Waals surface area contributed by atoms with Crippen LogP contribution in [0, 0.1) is 0 Å². The highest BCUT2D eigenvalue weighted by atomic mass is 79.9. The third-order valence-corrected chi connectivity index (χ3v) is 4.35. The van der Waals surface area contributed by atoms with Gasteiger partial charge < -0.3 is 5.32 Å². The van der Waals surface area contributed by atoms with Gasteiger partial charge in [-0.2, -0.15) is 10.2 Å². The molecule has 2 aromatic carbocycles. The number of aromatic nitrogens is 2. The minimum absolute atomic E-state index is 0.490. The number of hydrogen-bond acceptors (Lipinski definition) is 3. The van der Waals surface area contributed by atoms with Gasteiger partial charge in [0.1, 0.15) is 5.69 Å². The summed E-state index contributed by atoms with van der Waals surface area (Å²) in [5, 5.41) is 12.5. The zero-order valence-electron chi connectivity index (χ0n) is 14.2. The maximum atomic E-state index is 5.13. The van der Waals surface area contributed by atoms with E-state index < -0.39 is 0 Å². The highest BCUT2D eigenvalue weighted by molar-refractivity contribution is 9.10. The van der Waals surface area contributed by atoms with Gasteiger partial charge in [0.15, 0.2) is 5.11 Å². The third kappa shape index (κ3) is 4.56. The Morgan fingerprint density at radius 1 is 1.19 bits per heavy atom. The fraction of sp³-hybridized carbons (Fsp3) is 0.105. The summed E-state index contributed by atoms with van der Waals surface area (Å²) in [5.74, 6) is 0. The van der Waals surface area contributed by atoms with Gasteiger partial charge in [0, 0.05) is 28.3 Å². The van der Waals surface area contributed by atoms with E-state index >= 15 is 0 Å². The summed E-state index contributed by atoms with van der Waals surface area (Å²) >= 11 is 8.60. The monoisotopic (exact) mass is 427 g/mol. The van der Waals surface area contributed by atoms with E-state index in [1.807, 2.05) is 72.4 Å². The van der Waals surface area contributed by atoms with Crippen LogP contribution < -0.4 is 10.7 Å². The molecule has 0 saturated heterocycles. The minimum Gasteiger partial charge on any atom is -0.362 e. The van der Waals surface area contributed by atoms with Crippen molar-refractivity contribution in [3.63, 3.8) is 0 Å². The van der Waals surface area contributed by atoms with Gasteiger partial charge in [0.2, 0.25) is 0 Å². The summed E-state index contributed by atoms with van der Waals surface area (Å²) in [6, 6.07) is 18.0. The lowest BCUT2D eigenvalue weighted by Crippen LogP contribution is -2.31. The Morgan fingerprint density at radius 2 is 1.92 bits per heavy atom. The first kappa shape index (κ1) is 18.3. The first-order valence-corrected chi connectivity index (χ1v) is 9.35. The molecule has 26 heavy (non-hydrogen) atoms. The van der Waals surface area contributed by atoms with Crippen molar-refractivity contribution in [3.05, 3.63) is 70.8 Å². The molecule has 0 atom stereocenters. The Labute approximate surface area is 166 Å². The SMILES string of the molecule is CCNC(=S)N/N=C/c1cn(-c2ccccc2)nc1-c1ccc(Br)cc1. The Hall–Kier alpha value is -2.51. The van der Waals surface area contributed by atoms with Gasteiger partial charge in [-0.05, 0) is 43.4 Å². The van der Waals surface area contributed by atoms with Gasteiger partial charge in [0.25, 0.3) is 0 Å². The number of hydrogen-bond donors (Lipinski definition) is 2. The van der Waals surface area contributed by atoms with Crippen LogP contribution in [-0.4, -0.2) is 27.7 Å². The first-order chi connectivity index (χ1) is 12.7. The normalized spacial score (nSPS) is 10.8. The predicted molar refractivity (Wildman–Crippen MR) is 114 cm³/mol. The molecule has 0 fully saturated rings. The van der Waals surface area contributed by atoms with E-state index in [0.717, 1.165) is 33.5 Å². The van der Waals surface area contributed by atoms with E-state index in [2.05, 4.69) is 31.8 Å². The van der Waals surface area contributed by atoms with Crippen LogP contribution in [0.25, 0.3) is 16.9 Å². The summed E-state index contributed by atoms with van der Waals surface area (Å²) in [4.78, 5) is 0. The molecule has 0 aliphatic rings. The topological polar surface area (TPSA) is 54.2 Å². The predicted octanol–water partition coefficient (Wildman–Crippen LogP) is 4.12. The Bertz CT molecular complexity index is 903. The molecule has 3 rings (SSSR count). The van der Waals surface area contributed by atoms with Gasteiger partial charge in [-0.3, -0.25) is 5.43 Å². The molecule has 0 saturated carbocycles. The Morgan fingerprint density at radius 3 is 2.62 bits per heavy atom. The molecule has 0 aliphatic heterocycles. The van der Waals surface area contributed by atoms with Crippen molar-refractivity contribution in [3.8, 4) is 16.9 Å². The number of para-hydroxylation sites is 1. The van der Waals surface area contributed by atoms with Crippen molar-refractivity contribution in [2.45, 2.75) is 6.92 Å². The van der Waals surface area contributed by atoms with Gasteiger partial charge in [0.05, 0.1) is 11.9 Å². The molecule has 0 aliphatic carbocycles. The molecule has 0 amide bonds. The van der Waals surface area contributed by atoms with Crippen LogP contribution in [0.5, 0.6) is 0 Å². The second-order valence-corrected chi connectivity index (χ2v) is 6.77. The van der Waals surface area contributed by atoms with Crippen molar-refractivity contribution < 1.29 is 0 Å². The molecule has 7 heteroatoms. The van der Waals surface area contributed by atoms with Crippen molar-refractivity contribution in [1.82, 2.24) is 20.5 Å². The van der Waals surface area contributed by atoms with Crippen molar-refractivity contribution in [1.29, 1.82) is 0 Å². The molecule has 1 aromatic heterocycles. The number of halogens is 1. The van der Waals surface area contributed by atoms with E-state index in [-0.39, 0.29) is 0 Å². The second-order valence-electron chi connectivity index (χ2n) is 5.45. The summed E-state index contributed by atoms with van der Waals surface area (Å²) in [6.07, 6.45) is 3.68. The fourth-order valence-corrected chi connectivity index (χ4v) is 2.85. The number of thiocarbonyl (C=S) groups is 1. The van der Waals surface area contributed by atoms with E-state index in [0.29, 0.717) is 5.11 Å². The van der Waals surface area contributed by atoms with Gasteiger partial charge in [-0.1, -0.05) is 46.3 Å².